The lowest BCUT2D eigenvalue weighted by atomic mass is 10.1. The van der Waals surface area contributed by atoms with Crippen molar-refractivity contribution >= 4 is 22.3 Å². The van der Waals surface area contributed by atoms with Gasteiger partial charge in [0, 0.05) is 41.6 Å². The molecule has 0 spiro atoms. The number of nitrogens with one attached hydrogen (secondary N) is 1. The van der Waals surface area contributed by atoms with Crippen molar-refractivity contribution in [1.29, 1.82) is 0 Å². The van der Waals surface area contributed by atoms with E-state index in [4.69, 9.17) is 4.52 Å². The Kier molecular flexibility index (Phi) is 5.22. The molecule has 3 aromatic rings. The van der Waals surface area contributed by atoms with Gasteiger partial charge in [-0.3, -0.25) is 4.68 Å². The van der Waals surface area contributed by atoms with Crippen molar-refractivity contribution in [3.05, 3.63) is 48.8 Å². The molecule has 2 atom stereocenters. The highest BCUT2D eigenvalue weighted by Crippen LogP contribution is 2.28. The minimum absolute atomic E-state index is 0.216. The Balaban J connectivity index is 1.86. The van der Waals surface area contributed by atoms with Gasteiger partial charge in [0.05, 0.1) is 5.52 Å². The van der Waals surface area contributed by atoms with E-state index in [1.807, 2.05) is 58.3 Å². The van der Waals surface area contributed by atoms with Gasteiger partial charge in [-0.05, 0) is 45.4 Å². The number of aromatic nitrogens is 3. The van der Waals surface area contributed by atoms with Crippen LogP contribution in [0.1, 0.15) is 38.9 Å². The summed E-state index contributed by atoms with van der Waals surface area (Å²) >= 11 is -1.21. The maximum Gasteiger partial charge on any atom is 0.167 e. The number of hydrogen-bond acceptors (Lipinski definition) is 5. The van der Waals surface area contributed by atoms with Gasteiger partial charge < -0.3 is 9.08 Å². The van der Waals surface area contributed by atoms with E-state index in [9.17, 15) is 4.55 Å². The van der Waals surface area contributed by atoms with Crippen LogP contribution in [0.4, 0.5) is 0 Å². The van der Waals surface area contributed by atoms with Crippen molar-refractivity contribution in [3.63, 3.8) is 0 Å². The van der Waals surface area contributed by atoms with Gasteiger partial charge in [-0.15, -0.1) is 11.3 Å². The largest absolute Gasteiger partial charge is 0.598 e. The molecule has 2 unspecified atom stereocenters. The Morgan fingerprint density at radius 2 is 2.15 bits per heavy atom. The van der Waals surface area contributed by atoms with Crippen LogP contribution < -0.4 is 4.72 Å². The summed E-state index contributed by atoms with van der Waals surface area (Å²) in [6, 6.07) is 7.62. The molecule has 0 fully saturated rings. The van der Waals surface area contributed by atoms with E-state index in [2.05, 4.69) is 21.6 Å². The minimum atomic E-state index is -1.21. The first-order valence-electron chi connectivity index (χ1n) is 8.47. The summed E-state index contributed by atoms with van der Waals surface area (Å²) in [5.41, 5.74) is 2.57. The van der Waals surface area contributed by atoms with Crippen LogP contribution in [0.15, 0.2) is 47.6 Å². The summed E-state index contributed by atoms with van der Waals surface area (Å²) < 4.78 is 22.6. The quantitative estimate of drug-likeness (QED) is 0.524. The predicted octanol–water partition coefficient (Wildman–Crippen LogP) is 3.90. The normalized spacial score (nSPS) is 14.5. The Hall–Kier alpha value is -2.09. The molecule has 0 amide bonds. The lowest BCUT2D eigenvalue weighted by Crippen LogP contribution is -2.41. The van der Waals surface area contributed by atoms with Gasteiger partial charge in [0.15, 0.2) is 5.76 Å². The van der Waals surface area contributed by atoms with Crippen LogP contribution in [0.2, 0.25) is 0 Å². The monoisotopic (exact) mass is 372 g/mol. The fraction of sp³-hybridized carbons (Fsp3) is 0.368. The molecule has 6 nitrogen and oxygen atoms in total. The van der Waals surface area contributed by atoms with Crippen LogP contribution in [0.25, 0.3) is 22.2 Å². The second-order valence-corrected chi connectivity index (χ2v) is 9.27. The van der Waals surface area contributed by atoms with Crippen molar-refractivity contribution in [2.75, 3.05) is 0 Å². The molecule has 3 rings (SSSR count). The highest BCUT2D eigenvalue weighted by Gasteiger charge is 2.30. The summed E-state index contributed by atoms with van der Waals surface area (Å²) in [7, 11) is 1.90. The third kappa shape index (κ3) is 4.00. The number of benzene rings is 1. The highest BCUT2D eigenvalue weighted by molar-refractivity contribution is 7.90. The second-order valence-electron chi connectivity index (χ2n) is 7.27. The van der Waals surface area contributed by atoms with Gasteiger partial charge >= 0.3 is 0 Å². The van der Waals surface area contributed by atoms with Gasteiger partial charge in [-0.2, -0.15) is 5.10 Å². The smallest absolute Gasteiger partial charge is 0.167 e. The Morgan fingerprint density at radius 3 is 2.85 bits per heavy atom. The molecular formula is C19H24N4O2S. The zero-order valence-corrected chi connectivity index (χ0v) is 16.3. The third-order valence-corrected chi connectivity index (χ3v) is 5.61. The maximum atomic E-state index is 12.4. The topological polar surface area (TPSA) is 78.9 Å². The number of aryl methyl sites for hydroxylation is 1. The number of rotatable bonds is 6. The van der Waals surface area contributed by atoms with Crippen LogP contribution in [-0.4, -0.2) is 24.2 Å². The predicted molar refractivity (Wildman–Crippen MR) is 105 cm³/mol. The van der Waals surface area contributed by atoms with E-state index in [1.165, 1.54) is 0 Å². The van der Waals surface area contributed by atoms with E-state index in [1.54, 1.807) is 10.8 Å². The Morgan fingerprint density at radius 1 is 1.38 bits per heavy atom. The van der Waals surface area contributed by atoms with E-state index in [0.29, 0.717) is 17.9 Å². The van der Waals surface area contributed by atoms with Crippen LogP contribution in [0.5, 0.6) is 0 Å². The lowest BCUT2D eigenvalue weighted by Gasteiger charge is -2.26. The Bertz CT molecular complexity index is 910. The minimum Gasteiger partial charge on any atom is -0.598 e. The average Bonchev–Trinajstić information content (AvgIpc) is 3.18. The molecule has 26 heavy (non-hydrogen) atoms. The molecule has 0 radical (unpaired) electrons. The van der Waals surface area contributed by atoms with Crippen LogP contribution >= 0.6 is 0 Å². The zero-order chi connectivity index (χ0) is 18.9. The lowest BCUT2D eigenvalue weighted by molar-refractivity contribution is 0.412. The van der Waals surface area contributed by atoms with Crippen molar-refractivity contribution < 1.29 is 9.08 Å². The van der Waals surface area contributed by atoms with Gasteiger partial charge in [0.25, 0.3) is 0 Å². The van der Waals surface area contributed by atoms with Crippen molar-refractivity contribution in [2.24, 2.45) is 7.05 Å². The molecule has 1 N–H and O–H groups in total. The van der Waals surface area contributed by atoms with Crippen molar-refractivity contribution in [1.82, 2.24) is 19.7 Å². The van der Waals surface area contributed by atoms with Crippen LogP contribution in [-0.2, 0) is 18.4 Å². The van der Waals surface area contributed by atoms with Gasteiger partial charge in [0.2, 0.25) is 0 Å². The summed E-state index contributed by atoms with van der Waals surface area (Å²) in [5.74, 6) is 0.670. The van der Waals surface area contributed by atoms with Gasteiger partial charge in [-0.25, -0.2) is 0 Å². The summed E-state index contributed by atoms with van der Waals surface area (Å²) in [6.07, 6.45) is 4.35. The summed E-state index contributed by atoms with van der Waals surface area (Å²) in [4.78, 5) is 0. The molecule has 0 saturated heterocycles. The molecule has 138 valence electrons. The second kappa shape index (κ2) is 7.26. The zero-order valence-electron chi connectivity index (χ0n) is 15.5. The van der Waals surface area contributed by atoms with E-state index >= 15 is 0 Å². The van der Waals surface area contributed by atoms with Crippen molar-refractivity contribution in [2.45, 2.75) is 38.0 Å². The van der Waals surface area contributed by atoms with Crippen LogP contribution in [0.3, 0.4) is 0 Å². The molecule has 0 saturated carbocycles. The highest BCUT2D eigenvalue weighted by atomic mass is 32.2. The molecule has 0 bridgehead atoms. The average molecular weight is 372 g/mol. The van der Waals surface area contributed by atoms with E-state index in [0.717, 1.165) is 16.5 Å². The SMILES string of the molecule is C=CCC(N[S+]([O-])C(C)(C)C)c1cc(-c2ccc3nn(C)cc3c2)on1. The molecule has 7 heteroatoms. The fourth-order valence-electron chi connectivity index (χ4n) is 2.59. The molecule has 1 aromatic carbocycles. The maximum absolute atomic E-state index is 12.4. The van der Waals surface area contributed by atoms with E-state index < -0.39 is 11.4 Å². The number of fused-ring (bicyclic) bond motifs is 1. The van der Waals surface area contributed by atoms with Crippen LogP contribution in [0, 0.1) is 0 Å². The first kappa shape index (κ1) is 18.7. The number of hydrogen-bond donors (Lipinski definition) is 1. The standard InChI is InChI=1S/C19H24N4O2S/c1-6-7-16(22-26(24)19(2,3)4)17-11-18(25-21-17)13-8-9-15-14(10-13)12-23(5)20-15/h6,8-12,16,22H,1,7H2,2-5H3. The molecular weight excluding hydrogens is 348 g/mol. The molecule has 0 aliphatic carbocycles. The number of nitrogens with zero attached hydrogens (tertiary/aromatic N) is 3. The Labute approximate surface area is 156 Å². The third-order valence-electron chi connectivity index (χ3n) is 4.00. The van der Waals surface area contributed by atoms with Crippen molar-refractivity contribution in [3.8, 4) is 11.3 Å². The summed E-state index contributed by atoms with van der Waals surface area (Å²) in [5, 5.41) is 9.61. The first-order valence-corrected chi connectivity index (χ1v) is 9.62. The first-order chi connectivity index (χ1) is 12.3. The fourth-order valence-corrected chi connectivity index (χ4v) is 3.42. The van der Waals surface area contributed by atoms with Gasteiger partial charge in [0.1, 0.15) is 16.5 Å². The molecule has 0 aliphatic rings. The van der Waals surface area contributed by atoms with Gasteiger partial charge in [-0.1, -0.05) is 11.2 Å². The molecule has 2 heterocycles. The summed E-state index contributed by atoms with van der Waals surface area (Å²) in [6.45, 7) is 9.58. The molecule has 0 aliphatic heterocycles. The van der Waals surface area contributed by atoms with E-state index in [-0.39, 0.29) is 10.8 Å². The molecule has 2 aromatic heterocycles.